The van der Waals surface area contributed by atoms with Crippen molar-refractivity contribution in [2.24, 2.45) is 11.7 Å². The number of nitrogens with zero attached hydrogens (tertiary/aromatic N) is 3. The first-order valence-corrected chi connectivity index (χ1v) is 13.0. The molecule has 5 rings (SSSR count). The van der Waals surface area contributed by atoms with Gasteiger partial charge in [-0.15, -0.1) is 0 Å². The Morgan fingerprint density at radius 1 is 1.13 bits per heavy atom. The number of carbonyl (C=O) groups excluding carboxylic acids is 1. The number of amides is 1. The van der Waals surface area contributed by atoms with Crippen LogP contribution in [0.4, 0.5) is 15.9 Å². The van der Waals surface area contributed by atoms with Crippen molar-refractivity contribution in [1.29, 1.82) is 0 Å². The monoisotopic (exact) mass is 517 g/mol. The van der Waals surface area contributed by atoms with E-state index in [4.69, 9.17) is 10.2 Å². The molecule has 0 bridgehead atoms. The number of aliphatic hydroxyl groups excluding tert-OH is 1. The van der Waals surface area contributed by atoms with Crippen molar-refractivity contribution in [3.05, 3.63) is 60.7 Å². The minimum absolute atomic E-state index is 0.0477. The number of halogens is 1. The van der Waals surface area contributed by atoms with E-state index < -0.39 is 0 Å². The van der Waals surface area contributed by atoms with Crippen LogP contribution in [-0.4, -0.2) is 46.7 Å². The Morgan fingerprint density at radius 2 is 1.82 bits per heavy atom. The molecule has 0 saturated carbocycles. The van der Waals surface area contributed by atoms with Crippen molar-refractivity contribution in [2.45, 2.75) is 38.7 Å². The Bertz CT molecular complexity index is 1400. The van der Waals surface area contributed by atoms with Gasteiger partial charge < -0.3 is 25.5 Å². The molecule has 1 saturated heterocycles. The van der Waals surface area contributed by atoms with Crippen molar-refractivity contribution in [1.82, 2.24) is 9.97 Å². The summed E-state index contributed by atoms with van der Waals surface area (Å²) in [6.07, 6.45) is 4.01. The Labute approximate surface area is 220 Å². The van der Waals surface area contributed by atoms with Crippen molar-refractivity contribution in [3.63, 3.8) is 0 Å². The predicted octanol–water partition coefficient (Wildman–Crippen LogP) is 4.97. The lowest BCUT2D eigenvalue weighted by molar-refractivity contribution is -0.119. The third-order valence-electron chi connectivity index (χ3n) is 7.07. The number of rotatable bonds is 8. The van der Waals surface area contributed by atoms with Crippen LogP contribution in [0.3, 0.4) is 0 Å². The highest BCUT2D eigenvalue weighted by Crippen LogP contribution is 2.44. The number of hydrogen-bond donors (Lipinski definition) is 3. The van der Waals surface area contributed by atoms with Gasteiger partial charge in [0.05, 0.1) is 11.5 Å². The molecule has 9 heteroatoms. The fraction of sp³-hybridized carbons (Fsp3) is 0.345. The maximum absolute atomic E-state index is 13.8. The average Bonchev–Trinajstić information content (AvgIpc) is 3.33. The summed E-state index contributed by atoms with van der Waals surface area (Å²) in [5.74, 6) is 0.802. The standard InChI is InChI=1S/C29H32FN5O3/c1-18(3-2-14-31)28(37)34-22-10-6-20(7-11-22)26-24(19-4-8-21(30)9-5-19)25-27(32-17-33-29(25)38-26)35-15-12-23(36)13-16-35/h4-11,17-18,23,36H,2-3,12-16,31H2,1H3,(H,34,37)/t18-/m0/s1. The van der Waals surface area contributed by atoms with Crippen LogP contribution < -0.4 is 16.0 Å². The quantitative estimate of drug-likeness (QED) is 0.302. The first-order chi connectivity index (χ1) is 18.4. The zero-order chi connectivity index (χ0) is 26.6. The Balaban J connectivity index is 1.54. The van der Waals surface area contributed by atoms with Crippen LogP contribution in [0.25, 0.3) is 33.6 Å². The summed E-state index contributed by atoms with van der Waals surface area (Å²) in [6.45, 7) is 3.78. The van der Waals surface area contributed by atoms with E-state index in [1.165, 1.54) is 18.5 Å². The van der Waals surface area contributed by atoms with Gasteiger partial charge in [0.2, 0.25) is 11.6 Å². The second-order valence-electron chi connectivity index (χ2n) is 9.81. The van der Waals surface area contributed by atoms with Gasteiger partial charge in [0.15, 0.2) is 0 Å². The van der Waals surface area contributed by atoms with Gasteiger partial charge in [-0.05, 0) is 74.2 Å². The molecular weight excluding hydrogens is 485 g/mol. The average molecular weight is 518 g/mol. The molecule has 3 heterocycles. The normalized spacial score (nSPS) is 15.1. The number of hydrogen-bond acceptors (Lipinski definition) is 7. The highest BCUT2D eigenvalue weighted by atomic mass is 19.1. The molecular formula is C29H32FN5O3. The van der Waals surface area contributed by atoms with E-state index in [0.29, 0.717) is 49.6 Å². The summed E-state index contributed by atoms with van der Waals surface area (Å²) in [6, 6.07) is 13.7. The maximum atomic E-state index is 13.8. The van der Waals surface area contributed by atoms with Crippen LogP contribution >= 0.6 is 0 Å². The molecule has 0 radical (unpaired) electrons. The zero-order valence-corrected chi connectivity index (χ0v) is 21.4. The predicted molar refractivity (Wildman–Crippen MR) is 146 cm³/mol. The highest BCUT2D eigenvalue weighted by Gasteiger charge is 2.27. The molecule has 2 aromatic heterocycles. The highest BCUT2D eigenvalue weighted by molar-refractivity contribution is 6.06. The Kier molecular flexibility index (Phi) is 7.67. The van der Waals surface area contributed by atoms with Gasteiger partial charge in [-0.3, -0.25) is 4.79 Å². The van der Waals surface area contributed by atoms with Gasteiger partial charge in [0, 0.05) is 35.8 Å². The number of piperidine rings is 1. The summed E-state index contributed by atoms with van der Waals surface area (Å²) in [4.78, 5) is 23.7. The third kappa shape index (κ3) is 5.39. The van der Waals surface area contributed by atoms with Gasteiger partial charge in [-0.1, -0.05) is 19.1 Å². The second kappa shape index (κ2) is 11.3. The van der Waals surface area contributed by atoms with E-state index in [-0.39, 0.29) is 23.7 Å². The smallest absolute Gasteiger partial charge is 0.232 e. The summed E-state index contributed by atoms with van der Waals surface area (Å²) in [7, 11) is 0. The van der Waals surface area contributed by atoms with Gasteiger partial charge >= 0.3 is 0 Å². The number of benzene rings is 2. The Hall–Kier alpha value is -3.82. The summed E-state index contributed by atoms with van der Waals surface area (Å²) >= 11 is 0. The summed E-state index contributed by atoms with van der Waals surface area (Å²) < 4.78 is 20.1. The number of carbonyl (C=O) groups is 1. The first-order valence-electron chi connectivity index (χ1n) is 13.0. The van der Waals surface area contributed by atoms with E-state index >= 15 is 0 Å². The molecule has 0 spiro atoms. The van der Waals surface area contributed by atoms with Crippen molar-refractivity contribution in [2.75, 3.05) is 29.9 Å². The van der Waals surface area contributed by atoms with E-state index in [1.54, 1.807) is 12.1 Å². The third-order valence-corrected chi connectivity index (χ3v) is 7.07. The Morgan fingerprint density at radius 3 is 2.50 bits per heavy atom. The lowest BCUT2D eigenvalue weighted by Gasteiger charge is -2.30. The van der Waals surface area contributed by atoms with Crippen LogP contribution in [0.1, 0.15) is 32.6 Å². The number of fused-ring (bicyclic) bond motifs is 1. The molecule has 1 atom stereocenters. The van der Waals surface area contributed by atoms with Crippen LogP contribution in [0.15, 0.2) is 59.3 Å². The molecule has 1 aliphatic rings. The number of nitrogens with one attached hydrogen (secondary N) is 1. The van der Waals surface area contributed by atoms with Crippen LogP contribution in [0.2, 0.25) is 0 Å². The number of anilines is 2. The number of aliphatic hydroxyl groups is 1. The maximum Gasteiger partial charge on any atom is 0.232 e. The van der Waals surface area contributed by atoms with Crippen LogP contribution in [-0.2, 0) is 4.79 Å². The molecule has 38 heavy (non-hydrogen) atoms. The molecule has 8 nitrogen and oxygen atoms in total. The first kappa shape index (κ1) is 25.8. The molecule has 2 aromatic carbocycles. The minimum atomic E-state index is -0.328. The fourth-order valence-electron chi connectivity index (χ4n) is 4.86. The number of furan rings is 1. The van der Waals surface area contributed by atoms with Crippen molar-refractivity contribution >= 4 is 28.5 Å². The molecule has 4 aromatic rings. The lowest BCUT2D eigenvalue weighted by atomic mass is 9.98. The SMILES string of the molecule is C[C@@H](CCCN)C(=O)Nc1ccc(-c2oc3ncnc(N4CCC(O)CC4)c3c2-c2ccc(F)cc2)cc1. The summed E-state index contributed by atoms with van der Waals surface area (Å²) in [5, 5.41) is 13.7. The van der Waals surface area contributed by atoms with Gasteiger partial charge in [-0.2, -0.15) is 0 Å². The zero-order valence-electron chi connectivity index (χ0n) is 21.4. The van der Waals surface area contributed by atoms with E-state index in [0.717, 1.165) is 40.7 Å². The van der Waals surface area contributed by atoms with Gasteiger partial charge in [0.1, 0.15) is 23.7 Å². The number of aromatic nitrogens is 2. The number of nitrogens with two attached hydrogens (primary N) is 1. The van der Waals surface area contributed by atoms with Gasteiger partial charge in [0.25, 0.3) is 0 Å². The molecule has 4 N–H and O–H groups in total. The van der Waals surface area contributed by atoms with Gasteiger partial charge in [-0.25, -0.2) is 14.4 Å². The molecule has 1 fully saturated rings. The lowest BCUT2D eigenvalue weighted by Crippen LogP contribution is -2.36. The minimum Gasteiger partial charge on any atom is -0.437 e. The van der Waals surface area contributed by atoms with Crippen LogP contribution in [0.5, 0.6) is 0 Å². The molecule has 1 aliphatic heterocycles. The molecule has 0 aliphatic carbocycles. The molecule has 198 valence electrons. The van der Waals surface area contributed by atoms with E-state index in [1.807, 2.05) is 31.2 Å². The second-order valence-corrected chi connectivity index (χ2v) is 9.81. The topological polar surface area (TPSA) is 118 Å². The van der Waals surface area contributed by atoms with E-state index in [9.17, 15) is 14.3 Å². The molecule has 1 amide bonds. The fourth-order valence-corrected chi connectivity index (χ4v) is 4.86. The summed E-state index contributed by atoms with van der Waals surface area (Å²) in [5.41, 5.74) is 9.02. The van der Waals surface area contributed by atoms with Crippen molar-refractivity contribution in [3.8, 4) is 22.5 Å². The van der Waals surface area contributed by atoms with Crippen LogP contribution in [0, 0.1) is 11.7 Å². The largest absolute Gasteiger partial charge is 0.437 e. The molecule has 0 unspecified atom stereocenters. The van der Waals surface area contributed by atoms with E-state index in [2.05, 4.69) is 20.2 Å². The van der Waals surface area contributed by atoms with Crippen molar-refractivity contribution < 1.29 is 18.7 Å².